The molecule has 7 nitrogen and oxygen atoms in total. The summed E-state index contributed by atoms with van der Waals surface area (Å²) in [5.74, 6) is -1.30. The first-order chi connectivity index (χ1) is 11.2. The number of carbonyl (C=O) groups is 1. The van der Waals surface area contributed by atoms with Crippen LogP contribution in [0.1, 0.15) is 15.9 Å². The number of alkyl halides is 3. The van der Waals surface area contributed by atoms with Crippen molar-refractivity contribution in [2.45, 2.75) is 12.9 Å². The summed E-state index contributed by atoms with van der Waals surface area (Å²) in [4.78, 5) is 37.2. The molecule has 0 aliphatic heterocycles. The largest absolute Gasteiger partial charge is 0.573 e. The van der Waals surface area contributed by atoms with Crippen molar-refractivity contribution in [3.05, 3.63) is 62.4 Å². The lowest BCUT2D eigenvalue weighted by Gasteiger charge is -2.13. The van der Waals surface area contributed by atoms with Gasteiger partial charge in [-0.05, 0) is 6.07 Å². The van der Waals surface area contributed by atoms with E-state index in [-0.39, 0.29) is 17.7 Å². The Balaban J connectivity index is 2.17. The highest BCUT2D eigenvalue weighted by atomic mass is 19.4. The first-order valence-electron chi connectivity index (χ1n) is 6.59. The molecule has 1 aromatic carbocycles. The van der Waals surface area contributed by atoms with Crippen molar-refractivity contribution < 1.29 is 22.7 Å². The quantitative estimate of drug-likeness (QED) is 0.863. The molecule has 0 fully saturated rings. The van der Waals surface area contributed by atoms with Gasteiger partial charge in [0.05, 0.1) is 0 Å². The van der Waals surface area contributed by atoms with Crippen LogP contribution in [0.5, 0.6) is 5.75 Å². The number of nitrogens with zero attached hydrogens (tertiary/aromatic N) is 1. The highest BCUT2D eigenvalue weighted by Gasteiger charge is 2.32. The molecule has 0 spiro atoms. The third kappa shape index (κ3) is 4.03. The van der Waals surface area contributed by atoms with Crippen molar-refractivity contribution in [1.82, 2.24) is 14.9 Å². The number of rotatable bonds is 4. The lowest BCUT2D eigenvalue weighted by atomic mass is 10.2. The summed E-state index contributed by atoms with van der Waals surface area (Å²) in [5, 5.41) is 2.31. The van der Waals surface area contributed by atoms with E-state index in [2.05, 4.69) is 15.0 Å². The highest BCUT2D eigenvalue weighted by molar-refractivity contribution is 5.93. The number of amides is 1. The van der Waals surface area contributed by atoms with E-state index in [1.54, 1.807) is 0 Å². The Labute approximate surface area is 132 Å². The topological polar surface area (TPSA) is 93.2 Å². The minimum Gasteiger partial charge on any atom is -0.405 e. The van der Waals surface area contributed by atoms with E-state index < -0.39 is 29.3 Å². The van der Waals surface area contributed by atoms with Gasteiger partial charge in [-0.3, -0.25) is 14.2 Å². The lowest BCUT2D eigenvalue weighted by molar-refractivity contribution is -0.274. The molecule has 0 unspecified atom stereocenters. The maximum atomic E-state index is 12.3. The van der Waals surface area contributed by atoms with Crippen molar-refractivity contribution >= 4 is 5.91 Å². The summed E-state index contributed by atoms with van der Waals surface area (Å²) in [6, 6.07) is 5.27. The predicted molar refractivity (Wildman–Crippen MR) is 76.6 cm³/mol. The molecule has 0 aliphatic carbocycles. The van der Waals surface area contributed by atoms with Gasteiger partial charge in [0.1, 0.15) is 11.3 Å². The van der Waals surface area contributed by atoms with Gasteiger partial charge >= 0.3 is 12.1 Å². The number of nitrogens with one attached hydrogen (secondary N) is 2. The monoisotopic (exact) mass is 343 g/mol. The third-order valence-corrected chi connectivity index (χ3v) is 3.06. The van der Waals surface area contributed by atoms with E-state index in [0.29, 0.717) is 4.57 Å². The van der Waals surface area contributed by atoms with E-state index in [1.165, 1.54) is 25.2 Å². The van der Waals surface area contributed by atoms with E-state index in [0.717, 1.165) is 12.3 Å². The van der Waals surface area contributed by atoms with Crippen LogP contribution in [0, 0.1) is 0 Å². The summed E-state index contributed by atoms with van der Waals surface area (Å²) in [7, 11) is 1.18. The number of hydrogen-bond acceptors (Lipinski definition) is 4. The van der Waals surface area contributed by atoms with Gasteiger partial charge < -0.3 is 15.0 Å². The molecule has 0 radical (unpaired) electrons. The van der Waals surface area contributed by atoms with E-state index in [1.807, 2.05) is 0 Å². The molecule has 128 valence electrons. The number of benzene rings is 1. The van der Waals surface area contributed by atoms with Crippen LogP contribution >= 0.6 is 0 Å². The third-order valence-electron chi connectivity index (χ3n) is 3.06. The van der Waals surface area contributed by atoms with Crippen LogP contribution in [0.3, 0.4) is 0 Å². The van der Waals surface area contributed by atoms with Crippen LogP contribution in [-0.2, 0) is 13.6 Å². The number of ether oxygens (including phenoxy) is 1. The first-order valence-corrected chi connectivity index (χ1v) is 6.59. The Hall–Kier alpha value is -3.04. The van der Waals surface area contributed by atoms with E-state index >= 15 is 0 Å². The van der Waals surface area contributed by atoms with Crippen molar-refractivity contribution in [2.75, 3.05) is 0 Å². The van der Waals surface area contributed by atoms with Gasteiger partial charge in [0.15, 0.2) is 0 Å². The normalized spacial score (nSPS) is 11.2. The van der Waals surface area contributed by atoms with Crippen LogP contribution in [-0.4, -0.2) is 21.8 Å². The SMILES string of the molecule is Cn1c(=O)[nH]cc(C(=O)NCc2ccccc2OC(F)(F)F)c1=O. The lowest BCUT2D eigenvalue weighted by Crippen LogP contribution is -2.38. The highest BCUT2D eigenvalue weighted by Crippen LogP contribution is 2.26. The van der Waals surface area contributed by atoms with Crippen LogP contribution < -0.4 is 21.3 Å². The smallest absolute Gasteiger partial charge is 0.405 e. The molecule has 0 atom stereocenters. The Morgan fingerprint density at radius 1 is 1.29 bits per heavy atom. The molecule has 24 heavy (non-hydrogen) atoms. The zero-order valence-electron chi connectivity index (χ0n) is 12.3. The van der Waals surface area contributed by atoms with Gasteiger partial charge in [-0.25, -0.2) is 4.79 Å². The molecule has 2 aromatic rings. The fourth-order valence-electron chi connectivity index (χ4n) is 1.87. The molecular weight excluding hydrogens is 331 g/mol. The maximum absolute atomic E-state index is 12.3. The molecule has 2 rings (SSSR count). The van der Waals surface area contributed by atoms with Crippen LogP contribution in [0.15, 0.2) is 40.1 Å². The number of halogens is 3. The Morgan fingerprint density at radius 2 is 1.96 bits per heavy atom. The Kier molecular flexibility index (Phi) is 4.77. The summed E-state index contributed by atoms with van der Waals surface area (Å²) < 4.78 is 41.6. The molecule has 1 heterocycles. The van der Waals surface area contributed by atoms with Crippen LogP contribution in [0.25, 0.3) is 0 Å². The summed E-state index contributed by atoms with van der Waals surface area (Å²) in [6.07, 6.45) is -3.92. The second kappa shape index (κ2) is 6.60. The molecule has 10 heteroatoms. The molecule has 0 bridgehead atoms. The predicted octanol–water partition coefficient (Wildman–Crippen LogP) is 0.902. The fourth-order valence-corrected chi connectivity index (χ4v) is 1.87. The zero-order valence-corrected chi connectivity index (χ0v) is 12.3. The average Bonchev–Trinajstić information content (AvgIpc) is 2.50. The molecule has 2 N–H and O–H groups in total. The number of para-hydroxylation sites is 1. The summed E-state index contributed by atoms with van der Waals surface area (Å²) in [5.41, 5.74) is -1.78. The Morgan fingerprint density at radius 3 is 2.62 bits per heavy atom. The number of H-pyrrole nitrogens is 1. The average molecular weight is 343 g/mol. The standard InChI is InChI=1S/C14H12F3N3O4/c1-20-12(22)9(7-19-13(20)23)11(21)18-6-8-4-2-3-5-10(8)24-14(15,16)17/h2-5,7H,6H2,1H3,(H,18,21)(H,19,23). The van der Waals surface area contributed by atoms with E-state index in [9.17, 15) is 27.6 Å². The molecule has 1 amide bonds. The van der Waals surface area contributed by atoms with Crippen molar-refractivity contribution in [2.24, 2.45) is 7.05 Å². The molecular formula is C14H12F3N3O4. The van der Waals surface area contributed by atoms with Gasteiger partial charge in [0, 0.05) is 25.4 Å². The second-order valence-corrected chi connectivity index (χ2v) is 4.71. The summed E-state index contributed by atoms with van der Waals surface area (Å²) >= 11 is 0. The molecule has 0 aliphatic rings. The fraction of sp³-hybridized carbons (Fsp3) is 0.214. The van der Waals surface area contributed by atoms with Crippen LogP contribution in [0.2, 0.25) is 0 Å². The number of aromatic nitrogens is 2. The van der Waals surface area contributed by atoms with Gasteiger partial charge in [-0.15, -0.1) is 13.2 Å². The Bertz CT molecular complexity index is 871. The number of carbonyl (C=O) groups excluding carboxylic acids is 1. The second-order valence-electron chi connectivity index (χ2n) is 4.71. The van der Waals surface area contributed by atoms with E-state index in [4.69, 9.17) is 0 Å². The minimum absolute atomic E-state index is 0.0735. The minimum atomic E-state index is -4.87. The summed E-state index contributed by atoms with van der Waals surface area (Å²) in [6.45, 7) is -0.298. The maximum Gasteiger partial charge on any atom is 0.573 e. The van der Waals surface area contributed by atoms with Gasteiger partial charge in [0.25, 0.3) is 11.5 Å². The molecule has 0 saturated heterocycles. The number of hydrogen-bond donors (Lipinski definition) is 2. The van der Waals surface area contributed by atoms with Gasteiger partial charge in [0.2, 0.25) is 0 Å². The molecule has 1 aromatic heterocycles. The van der Waals surface area contributed by atoms with Gasteiger partial charge in [-0.1, -0.05) is 18.2 Å². The first kappa shape index (κ1) is 17.3. The van der Waals surface area contributed by atoms with Crippen LogP contribution in [0.4, 0.5) is 13.2 Å². The van der Waals surface area contributed by atoms with Crippen molar-refractivity contribution in [3.63, 3.8) is 0 Å². The zero-order chi connectivity index (χ0) is 17.9. The number of aromatic amines is 1. The van der Waals surface area contributed by atoms with Gasteiger partial charge in [-0.2, -0.15) is 0 Å². The van der Waals surface area contributed by atoms with Crippen molar-refractivity contribution in [1.29, 1.82) is 0 Å². The molecule has 0 saturated carbocycles. The van der Waals surface area contributed by atoms with Crippen molar-refractivity contribution in [3.8, 4) is 5.75 Å².